The van der Waals surface area contributed by atoms with E-state index in [1.54, 1.807) is 33.3 Å². The molecule has 2 heterocycles. The fourth-order valence-corrected chi connectivity index (χ4v) is 3.53. The third-order valence-corrected chi connectivity index (χ3v) is 4.99. The van der Waals surface area contributed by atoms with Crippen molar-refractivity contribution in [3.8, 4) is 0 Å². The third kappa shape index (κ3) is 3.22. The molecule has 1 aliphatic rings. The lowest BCUT2D eigenvalue weighted by Gasteiger charge is -2.18. The van der Waals surface area contributed by atoms with Gasteiger partial charge in [-0.25, -0.2) is 4.79 Å². The van der Waals surface area contributed by atoms with Crippen LogP contribution in [0.3, 0.4) is 0 Å². The zero-order valence-corrected chi connectivity index (χ0v) is 14.0. The zero-order chi connectivity index (χ0) is 16.4. The number of benzene rings is 1. The number of nitrogens with one attached hydrogen (secondary N) is 1. The normalized spacial score (nSPS) is 14.0. The van der Waals surface area contributed by atoms with Crippen molar-refractivity contribution in [3.63, 3.8) is 0 Å². The van der Waals surface area contributed by atoms with Gasteiger partial charge < -0.3 is 10.2 Å². The molecule has 1 aliphatic heterocycles. The summed E-state index contributed by atoms with van der Waals surface area (Å²) in [6.45, 7) is 3.98. The van der Waals surface area contributed by atoms with E-state index in [4.69, 9.17) is 0 Å². The number of urea groups is 1. The minimum Gasteiger partial charge on any atom is -0.337 e. The Balaban J connectivity index is 1.70. The molecule has 3 rings (SSSR count). The zero-order valence-electron chi connectivity index (χ0n) is 13.2. The highest BCUT2D eigenvalue weighted by Gasteiger charge is 2.21. The van der Waals surface area contributed by atoms with Crippen molar-refractivity contribution in [2.45, 2.75) is 13.5 Å². The van der Waals surface area contributed by atoms with Crippen molar-refractivity contribution in [1.82, 2.24) is 10.2 Å². The van der Waals surface area contributed by atoms with Crippen LogP contribution in [-0.2, 0) is 6.54 Å². The Hall–Kier alpha value is -2.34. The first-order valence-corrected chi connectivity index (χ1v) is 8.38. The molecule has 1 N–H and O–H groups in total. The molecule has 0 saturated carbocycles. The van der Waals surface area contributed by atoms with E-state index in [0.717, 1.165) is 5.69 Å². The Morgan fingerprint density at radius 2 is 2.04 bits per heavy atom. The first-order valence-electron chi connectivity index (χ1n) is 7.50. The predicted molar refractivity (Wildman–Crippen MR) is 92.0 cm³/mol. The number of thiophene rings is 1. The molecule has 0 radical (unpaired) electrons. The molecule has 5 nitrogen and oxygen atoms in total. The minimum atomic E-state index is -0.0886. The number of amides is 3. The second-order valence-corrected chi connectivity index (χ2v) is 6.62. The summed E-state index contributed by atoms with van der Waals surface area (Å²) in [4.78, 5) is 28.8. The van der Waals surface area contributed by atoms with E-state index < -0.39 is 0 Å². The third-order valence-electron chi connectivity index (χ3n) is 3.98. The number of aryl methyl sites for hydroxylation is 1. The van der Waals surface area contributed by atoms with Crippen molar-refractivity contribution in [1.29, 1.82) is 0 Å². The summed E-state index contributed by atoms with van der Waals surface area (Å²) >= 11 is 1.66. The van der Waals surface area contributed by atoms with E-state index in [1.165, 1.54) is 10.4 Å². The van der Waals surface area contributed by atoms with Gasteiger partial charge in [-0.3, -0.25) is 9.69 Å². The summed E-state index contributed by atoms with van der Waals surface area (Å²) in [5, 5.41) is 4.81. The smallest absolute Gasteiger partial charge is 0.321 e. The minimum absolute atomic E-state index is 0.0183. The van der Waals surface area contributed by atoms with E-state index in [9.17, 15) is 9.59 Å². The highest BCUT2D eigenvalue weighted by molar-refractivity contribution is 7.10. The number of carbonyl (C=O) groups is 2. The fourth-order valence-electron chi connectivity index (χ4n) is 2.58. The van der Waals surface area contributed by atoms with Crippen LogP contribution < -0.4 is 10.2 Å². The van der Waals surface area contributed by atoms with Gasteiger partial charge in [-0.15, -0.1) is 11.3 Å². The molecule has 1 aromatic heterocycles. The number of nitrogens with zero attached hydrogens (tertiary/aromatic N) is 2. The number of hydrogen-bond donors (Lipinski definition) is 1. The Morgan fingerprint density at radius 3 is 2.61 bits per heavy atom. The molecule has 120 valence electrons. The molecular weight excluding hydrogens is 310 g/mol. The quantitative estimate of drug-likeness (QED) is 0.938. The molecule has 0 aliphatic carbocycles. The molecule has 1 saturated heterocycles. The van der Waals surface area contributed by atoms with Crippen LogP contribution in [0.1, 0.15) is 20.8 Å². The van der Waals surface area contributed by atoms with Crippen molar-refractivity contribution >= 4 is 29.0 Å². The van der Waals surface area contributed by atoms with E-state index in [2.05, 4.69) is 18.3 Å². The van der Waals surface area contributed by atoms with Gasteiger partial charge in [0.05, 0.1) is 6.54 Å². The van der Waals surface area contributed by atoms with Crippen LogP contribution in [0, 0.1) is 6.92 Å². The summed E-state index contributed by atoms with van der Waals surface area (Å²) in [6.07, 6.45) is 0. The lowest BCUT2D eigenvalue weighted by molar-refractivity contribution is 0.0786. The summed E-state index contributed by atoms with van der Waals surface area (Å²) in [7, 11) is 1.81. The molecule has 23 heavy (non-hydrogen) atoms. The van der Waals surface area contributed by atoms with Crippen LogP contribution in [0.15, 0.2) is 35.7 Å². The summed E-state index contributed by atoms with van der Waals surface area (Å²) in [5.74, 6) is -0.0183. The lowest BCUT2D eigenvalue weighted by Crippen LogP contribution is -2.28. The Kier molecular flexibility index (Phi) is 4.34. The van der Waals surface area contributed by atoms with Crippen molar-refractivity contribution < 1.29 is 9.59 Å². The van der Waals surface area contributed by atoms with Gasteiger partial charge in [0.2, 0.25) is 0 Å². The first kappa shape index (κ1) is 15.6. The van der Waals surface area contributed by atoms with Crippen LogP contribution in [0.5, 0.6) is 0 Å². The van der Waals surface area contributed by atoms with Gasteiger partial charge in [-0.05, 0) is 48.2 Å². The van der Waals surface area contributed by atoms with Crippen LogP contribution in [-0.4, -0.2) is 37.0 Å². The van der Waals surface area contributed by atoms with Crippen molar-refractivity contribution in [3.05, 3.63) is 51.7 Å². The first-order chi connectivity index (χ1) is 11.1. The van der Waals surface area contributed by atoms with Crippen LogP contribution in [0.2, 0.25) is 0 Å². The summed E-state index contributed by atoms with van der Waals surface area (Å²) in [6, 6.07) is 9.18. The van der Waals surface area contributed by atoms with E-state index in [0.29, 0.717) is 25.2 Å². The molecule has 0 unspecified atom stereocenters. The van der Waals surface area contributed by atoms with Crippen molar-refractivity contribution in [2.24, 2.45) is 0 Å². The maximum absolute atomic E-state index is 12.5. The van der Waals surface area contributed by atoms with Gasteiger partial charge in [-0.2, -0.15) is 0 Å². The van der Waals surface area contributed by atoms with Gasteiger partial charge in [0, 0.05) is 36.3 Å². The predicted octanol–water partition coefficient (Wildman–Crippen LogP) is 2.86. The van der Waals surface area contributed by atoms with E-state index >= 15 is 0 Å². The lowest BCUT2D eigenvalue weighted by atomic mass is 10.1. The van der Waals surface area contributed by atoms with Gasteiger partial charge in [0.15, 0.2) is 0 Å². The maximum atomic E-state index is 12.5. The molecule has 1 fully saturated rings. The molecule has 2 aromatic rings. The SMILES string of the molecule is Cc1ccsc1CN(C)C(=O)c1ccc(N2CCNC2=O)cc1. The number of carbonyl (C=O) groups excluding carboxylic acids is 2. The van der Waals surface area contributed by atoms with Crippen LogP contribution in [0.25, 0.3) is 0 Å². The van der Waals surface area contributed by atoms with Crippen LogP contribution >= 0.6 is 11.3 Å². The number of anilines is 1. The van der Waals surface area contributed by atoms with Gasteiger partial charge in [-0.1, -0.05) is 0 Å². The molecular formula is C17H19N3O2S. The van der Waals surface area contributed by atoms with Crippen molar-refractivity contribution in [2.75, 3.05) is 25.0 Å². The second-order valence-electron chi connectivity index (χ2n) is 5.62. The van der Waals surface area contributed by atoms with Crippen LogP contribution in [0.4, 0.5) is 10.5 Å². The standard InChI is InChI=1S/C17H19N3O2S/c1-12-7-10-23-15(12)11-19(2)16(21)13-3-5-14(6-4-13)20-9-8-18-17(20)22/h3-7,10H,8-9,11H2,1-2H3,(H,18,22). The monoisotopic (exact) mass is 329 g/mol. The maximum Gasteiger partial charge on any atom is 0.321 e. The highest BCUT2D eigenvalue weighted by atomic mass is 32.1. The molecule has 1 aromatic carbocycles. The molecule has 0 spiro atoms. The molecule has 0 bridgehead atoms. The van der Waals surface area contributed by atoms with E-state index in [1.807, 2.05) is 24.6 Å². The number of rotatable bonds is 4. The van der Waals surface area contributed by atoms with Gasteiger partial charge >= 0.3 is 6.03 Å². The molecule has 0 atom stereocenters. The highest BCUT2D eigenvalue weighted by Crippen LogP contribution is 2.20. The Morgan fingerprint density at radius 1 is 1.30 bits per heavy atom. The average molecular weight is 329 g/mol. The number of hydrogen-bond acceptors (Lipinski definition) is 3. The Labute approximate surface area is 139 Å². The largest absolute Gasteiger partial charge is 0.337 e. The fraction of sp³-hybridized carbons (Fsp3) is 0.294. The van der Waals surface area contributed by atoms with Gasteiger partial charge in [0.25, 0.3) is 5.91 Å². The summed E-state index contributed by atoms with van der Waals surface area (Å²) < 4.78 is 0. The van der Waals surface area contributed by atoms with E-state index in [-0.39, 0.29) is 11.9 Å². The second kappa shape index (κ2) is 6.42. The summed E-state index contributed by atoms with van der Waals surface area (Å²) in [5.41, 5.74) is 2.66. The Bertz CT molecular complexity index is 724. The average Bonchev–Trinajstić information content (AvgIpc) is 3.15. The van der Waals surface area contributed by atoms with Gasteiger partial charge in [0.1, 0.15) is 0 Å². The molecule has 3 amide bonds. The topological polar surface area (TPSA) is 52.7 Å². The molecule has 6 heteroatoms.